The highest BCUT2D eigenvalue weighted by Gasteiger charge is 2.20. The van der Waals surface area contributed by atoms with Gasteiger partial charge >= 0.3 is 0 Å². The average Bonchev–Trinajstić information content (AvgIpc) is 2.60. The summed E-state index contributed by atoms with van der Waals surface area (Å²) < 4.78 is 0. The summed E-state index contributed by atoms with van der Waals surface area (Å²) >= 11 is 6.38. The maximum atomic E-state index is 12.0. The summed E-state index contributed by atoms with van der Waals surface area (Å²) in [5.74, 6) is -0.0333. The van der Waals surface area contributed by atoms with Crippen LogP contribution in [0.2, 0.25) is 0 Å². The number of likely N-dealkylation sites (N-methyl/N-ethyl adjacent to an activating group) is 1. The zero-order valence-corrected chi connectivity index (χ0v) is 10.6. The van der Waals surface area contributed by atoms with Crippen LogP contribution in [0.15, 0.2) is 10.8 Å². The molecule has 0 bridgehead atoms. The summed E-state index contributed by atoms with van der Waals surface area (Å²) in [6.07, 6.45) is 0. The van der Waals surface area contributed by atoms with Gasteiger partial charge in [-0.15, -0.1) is 0 Å². The smallest absolute Gasteiger partial charge is 0.255 e. The molecule has 1 aromatic heterocycles. The standard InChI is InChI=1S/C10H14N2OS2/c1-6-4-15-5-8(6)10(13)12(3)7(2)9(11)14/h4-5,7H,1-3H3,(H2,11,14). The van der Waals surface area contributed by atoms with Crippen LogP contribution >= 0.6 is 23.6 Å². The summed E-state index contributed by atoms with van der Waals surface area (Å²) in [7, 11) is 1.71. The Labute approximate surface area is 98.9 Å². The van der Waals surface area contributed by atoms with E-state index in [1.165, 1.54) is 11.3 Å². The van der Waals surface area contributed by atoms with Gasteiger partial charge in [-0.2, -0.15) is 11.3 Å². The van der Waals surface area contributed by atoms with Gasteiger partial charge < -0.3 is 10.6 Å². The molecule has 0 spiro atoms. The van der Waals surface area contributed by atoms with Crippen LogP contribution < -0.4 is 5.73 Å². The molecule has 5 heteroatoms. The van der Waals surface area contributed by atoms with Crippen molar-refractivity contribution in [2.45, 2.75) is 19.9 Å². The lowest BCUT2D eigenvalue weighted by Gasteiger charge is -2.23. The van der Waals surface area contributed by atoms with Gasteiger partial charge in [0, 0.05) is 12.4 Å². The fourth-order valence-electron chi connectivity index (χ4n) is 1.14. The number of rotatable bonds is 3. The molecule has 0 saturated heterocycles. The minimum atomic E-state index is -0.216. The van der Waals surface area contributed by atoms with Crippen molar-refractivity contribution < 1.29 is 4.79 Å². The zero-order valence-electron chi connectivity index (χ0n) is 8.98. The third-order valence-electron chi connectivity index (χ3n) is 2.40. The van der Waals surface area contributed by atoms with E-state index in [4.69, 9.17) is 18.0 Å². The second kappa shape index (κ2) is 4.72. The predicted molar refractivity (Wildman–Crippen MR) is 67.4 cm³/mol. The monoisotopic (exact) mass is 242 g/mol. The van der Waals surface area contributed by atoms with Crippen LogP contribution in [-0.2, 0) is 0 Å². The van der Waals surface area contributed by atoms with Crippen LogP contribution in [0.25, 0.3) is 0 Å². The molecule has 0 radical (unpaired) electrons. The van der Waals surface area contributed by atoms with E-state index in [0.29, 0.717) is 4.99 Å². The summed E-state index contributed by atoms with van der Waals surface area (Å²) in [6.45, 7) is 3.74. The Balaban J connectivity index is 2.86. The van der Waals surface area contributed by atoms with Crippen molar-refractivity contribution in [3.8, 4) is 0 Å². The largest absolute Gasteiger partial charge is 0.392 e. The number of hydrogen-bond donors (Lipinski definition) is 1. The van der Waals surface area contributed by atoms with Gasteiger partial charge in [-0.3, -0.25) is 4.79 Å². The first-order chi connectivity index (χ1) is 6.95. The molecule has 0 fully saturated rings. The molecule has 0 aliphatic rings. The fraction of sp³-hybridized carbons (Fsp3) is 0.400. The lowest BCUT2D eigenvalue weighted by Crippen LogP contribution is -2.42. The Hall–Kier alpha value is -0.940. The highest BCUT2D eigenvalue weighted by Crippen LogP contribution is 2.16. The van der Waals surface area contributed by atoms with E-state index < -0.39 is 0 Å². The van der Waals surface area contributed by atoms with Crippen molar-refractivity contribution in [1.82, 2.24) is 4.90 Å². The molecular weight excluding hydrogens is 228 g/mol. The zero-order chi connectivity index (χ0) is 11.6. The van der Waals surface area contributed by atoms with Gasteiger partial charge in [0.1, 0.15) is 0 Å². The van der Waals surface area contributed by atoms with Crippen LogP contribution in [-0.4, -0.2) is 28.9 Å². The number of carbonyl (C=O) groups excluding carboxylic acids is 1. The lowest BCUT2D eigenvalue weighted by molar-refractivity contribution is 0.0779. The van der Waals surface area contributed by atoms with Crippen LogP contribution in [0.5, 0.6) is 0 Å². The fourth-order valence-corrected chi connectivity index (χ4v) is 2.12. The van der Waals surface area contributed by atoms with Gasteiger partial charge in [0.2, 0.25) is 0 Å². The number of aryl methyl sites for hydroxylation is 1. The second-order valence-corrected chi connectivity index (χ2v) is 4.68. The highest BCUT2D eigenvalue weighted by atomic mass is 32.1. The number of thiophene rings is 1. The Kier molecular flexibility index (Phi) is 3.82. The van der Waals surface area contributed by atoms with Crippen molar-refractivity contribution >= 4 is 34.5 Å². The molecule has 0 saturated carbocycles. The van der Waals surface area contributed by atoms with Gasteiger partial charge in [0.25, 0.3) is 5.91 Å². The van der Waals surface area contributed by atoms with Crippen molar-refractivity contribution in [1.29, 1.82) is 0 Å². The van der Waals surface area contributed by atoms with Gasteiger partial charge in [-0.05, 0) is 24.8 Å². The molecule has 1 heterocycles. The average molecular weight is 242 g/mol. The third-order valence-corrected chi connectivity index (χ3v) is 3.60. The number of carbonyl (C=O) groups is 1. The first kappa shape index (κ1) is 12.1. The molecule has 1 aromatic rings. The topological polar surface area (TPSA) is 46.3 Å². The molecule has 3 nitrogen and oxygen atoms in total. The summed E-state index contributed by atoms with van der Waals surface area (Å²) in [5.41, 5.74) is 7.23. The lowest BCUT2D eigenvalue weighted by atomic mass is 10.2. The van der Waals surface area contributed by atoms with Crippen molar-refractivity contribution in [3.05, 3.63) is 21.9 Å². The molecule has 0 aliphatic carbocycles. The van der Waals surface area contributed by atoms with Gasteiger partial charge in [0.15, 0.2) is 0 Å². The summed E-state index contributed by atoms with van der Waals surface area (Å²) in [4.78, 5) is 13.9. The maximum absolute atomic E-state index is 12.0. The molecule has 15 heavy (non-hydrogen) atoms. The highest BCUT2D eigenvalue weighted by molar-refractivity contribution is 7.80. The number of thiocarbonyl (C=S) groups is 1. The SMILES string of the molecule is Cc1cscc1C(=O)N(C)C(C)C(N)=S. The molecule has 2 N–H and O–H groups in total. The van der Waals surface area contributed by atoms with Crippen LogP contribution in [0.4, 0.5) is 0 Å². The number of nitrogens with zero attached hydrogens (tertiary/aromatic N) is 1. The predicted octanol–water partition coefficient (Wildman–Crippen LogP) is 1.80. The molecule has 1 atom stereocenters. The Morgan fingerprint density at radius 2 is 2.20 bits per heavy atom. The first-order valence-corrected chi connectivity index (χ1v) is 5.89. The van der Waals surface area contributed by atoms with Gasteiger partial charge in [-0.1, -0.05) is 12.2 Å². The van der Waals surface area contributed by atoms with Crippen LogP contribution in [0.3, 0.4) is 0 Å². The summed E-state index contributed by atoms with van der Waals surface area (Å²) in [6, 6.07) is -0.216. The molecule has 0 aromatic carbocycles. The Morgan fingerprint density at radius 3 is 2.60 bits per heavy atom. The molecular formula is C10H14N2OS2. The third kappa shape index (κ3) is 2.54. The first-order valence-electron chi connectivity index (χ1n) is 4.54. The van der Waals surface area contributed by atoms with Gasteiger partial charge in [-0.25, -0.2) is 0 Å². The van der Waals surface area contributed by atoms with Crippen LogP contribution in [0, 0.1) is 6.92 Å². The molecule has 0 aliphatic heterocycles. The molecule has 1 rings (SSSR count). The van der Waals surface area contributed by atoms with E-state index in [-0.39, 0.29) is 11.9 Å². The van der Waals surface area contributed by atoms with E-state index in [2.05, 4.69) is 0 Å². The van der Waals surface area contributed by atoms with Crippen molar-refractivity contribution in [2.24, 2.45) is 5.73 Å². The Bertz CT molecular complexity index is 387. The summed E-state index contributed by atoms with van der Waals surface area (Å²) in [5, 5.41) is 3.80. The number of amides is 1. The number of nitrogens with two attached hydrogens (primary N) is 1. The maximum Gasteiger partial charge on any atom is 0.255 e. The van der Waals surface area contributed by atoms with E-state index in [1.54, 1.807) is 11.9 Å². The van der Waals surface area contributed by atoms with Crippen molar-refractivity contribution in [3.63, 3.8) is 0 Å². The van der Waals surface area contributed by atoms with E-state index >= 15 is 0 Å². The second-order valence-electron chi connectivity index (χ2n) is 3.46. The van der Waals surface area contributed by atoms with Crippen molar-refractivity contribution in [2.75, 3.05) is 7.05 Å². The molecule has 1 amide bonds. The molecule has 82 valence electrons. The minimum absolute atomic E-state index is 0.0333. The van der Waals surface area contributed by atoms with E-state index in [1.807, 2.05) is 24.6 Å². The Morgan fingerprint density at radius 1 is 1.60 bits per heavy atom. The minimum Gasteiger partial charge on any atom is -0.392 e. The van der Waals surface area contributed by atoms with E-state index in [0.717, 1.165) is 11.1 Å². The van der Waals surface area contributed by atoms with E-state index in [9.17, 15) is 4.79 Å². The number of hydrogen-bond acceptors (Lipinski definition) is 3. The van der Waals surface area contributed by atoms with Crippen LogP contribution in [0.1, 0.15) is 22.8 Å². The normalized spacial score (nSPS) is 12.2. The quantitative estimate of drug-likeness (QED) is 0.822. The molecule has 1 unspecified atom stereocenters. The van der Waals surface area contributed by atoms with Gasteiger partial charge in [0.05, 0.1) is 16.6 Å².